The number of nitrogens with one attached hydrogen (secondary N) is 1. The van der Waals surface area contributed by atoms with Gasteiger partial charge in [-0.05, 0) is 19.4 Å². The molecule has 0 atom stereocenters. The van der Waals surface area contributed by atoms with E-state index in [1.165, 1.54) is 12.8 Å². The topological polar surface area (TPSA) is 12.0 Å². The minimum Gasteiger partial charge on any atom is -0.314 e. The smallest absolute Gasteiger partial charge is 0.130 e. The van der Waals surface area contributed by atoms with Gasteiger partial charge in [0.25, 0.3) is 0 Å². The largest absolute Gasteiger partial charge is 0.314 e. The van der Waals surface area contributed by atoms with Crippen LogP contribution in [0.1, 0.15) is 25.7 Å². The first-order valence-electron chi connectivity index (χ1n) is 3.79. The van der Waals surface area contributed by atoms with E-state index in [9.17, 15) is 0 Å². The Balaban J connectivity index is 2.30. The molecule has 1 heterocycles. The summed E-state index contributed by atoms with van der Waals surface area (Å²) in [5.74, 6) is 0. The predicted octanol–water partition coefficient (Wildman–Crippen LogP) is 2.32. The second-order valence-corrected chi connectivity index (χ2v) is 4.48. The zero-order chi connectivity index (χ0) is 7.45. The molecule has 0 bridgehead atoms. The van der Waals surface area contributed by atoms with Crippen molar-refractivity contribution in [3.63, 3.8) is 0 Å². The van der Waals surface area contributed by atoms with E-state index in [1.54, 1.807) is 0 Å². The molecule has 0 aromatic carbocycles. The van der Waals surface area contributed by atoms with E-state index in [0.29, 0.717) is 0 Å². The van der Waals surface area contributed by atoms with Gasteiger partial charge in [-0.2, -0.15) is 0 Å². The summed E-state index contributed by atoms with van der Waals surface area (Å²) in [5, 5.41) is 3.21. The Hall–Kier alpha value is 0.540. The molecule has 3 heteroatoms. The van der Waals surface area contributed by atoms with Gasteiger partial charge < -0.3 is 5.32 Å². The van der Waals surface area contributed by atoms with E-state index in [-0.39, 0.29) is 0 Å². The summed E-state index contributed by atoms with van der Waals surface area (Å²) < 4.78 is -0.513. The lowest BCUT2D eigenvalue weighted by atomic mass is 10.1. The Morgan fingerprint density at radius 1 is 1.10 bits per heavy atom. The fourth-order valence-electron chi connectivity index (χ4n) is 1.17. The predicted molar refractivity (Wildman–Crippen MR) is 45.8 cm³/mol. The van der Waals surface area contributed by atoms with Crippen molar-refractivity contribution in [2.24, 2.45) is 0 Å². The molecule has 1 N–H and O–H groups in total. The SMILES string of the molecule is ClC1(Cl)CCCCCNC1. The van der Waals surface area contributed by atoms with Crippen molar-refractivity contribution < 1.29 is 0 Å². The fourth-order valence-corrected chi connectivity index (χ4v) is 1.63. The molecule has 10 heavy (non-hydrogen) atoms. The highest BCUT2D eigenvalue weighted by Crippen LogP contribution is 2.27. The van der Waals surface area contributed by atoms with E-state index in [1.807, 2.05) is 0 Å². The van der Waals surface area contributed by atoms with Gasteiger partial charge in [0.1, 0.15) is 4.33 Å². The Morgan fingerprint density at radius 3 is 2.70 bits per heavy atom. The lowest BCUT2D eigenvalue weighted by Crippen LogP contribution is -2.33. The second kappa shape index (κ2) is 3.80. The first kappa shape index (κ1) is 8.63. The molecule has 0 saturated carbocycles. The molecule has 1 nitrogen and oxygen atoms in total. The second-order valence-electron chi connectivity index (χ2n) is 2.84. The number of alkyl halides is 2. The van der Waals surface area contributed by atoms with Crippen molar-refractivity contribution in [3.8, 4) is 0 Å². The third-order valence-electron chi connectivity index (χ3n) is 1.78. The van der Waals surface area contributed by atoms with Gasteiger partial charge >= 0.3 is 0 Å². The van der Waals surface area contributed by atoms with E-state index in [0.717, 1.165) is 25.9 Å². The number of rotatable bonds is 0. The van der Waals surface area contributed by atoms with Gasteiger partial charge in [-0.1, -0.05) is 12.8 Å². The van der Waals surface area contributed by atoms with Gasteiger partial charge in [0.15, 0.2) is 0 Å². The molecule has 0 amide bonds. The summed E-state index contributed by atoms with van der Waals surface area (Å²) in [6.07, 6.45) is 4.58. The molecule has 0 aliphatic carbocycles. The normalized spacial score (nSPS) is 27.0. The van der Waals surface area contributed by atoms with E-state index >= 15 is 0 Å². The van der Waals surface area contributed by atoms with Crippen molar-refractivity contribution in [1.82, 2.24) is 5.32 Å². The van der Waals surface area contributed by atoms with E-state index in [4.69, 9.17) is 23.2 Å². The summed E-state index contributed by atoms with van der Waals surface area (Å²) in [5.41, 5.74) is 0. The fraction of sp³-hybridized carbons (Fsp3) is 1.00. The van der Waals surface area contributed by atoms with Crippen LogP contribution in [0.5, 0.6) is 0 Å². The number of halogens is 2. The van der Waals surface area contributed by atoms with Crippen LogP contribution in [0.15, 0.2) is 0 Å². The highest BCUT2D eigenvalue weighted by molar-refractivity contribution is 6.48. The van der Waals surface area contributed by atoms with E-state index in [2.05, 4.69) is 5.32 Å². The third kappa shape index (κ3) is 3.09. The quantitative estimate of drug-likeness (QED) is 0.567. The maximum atomic E-state index is 5.95. The minimum atomic E-state index is -0.513. The summed E-state index contributed by atoms with van der Waals surface area (Å²) in [4.78, 5) is 0. The number of hydrogen-bond donors (Lipinski definition) is 1. The highest BCUT2D eigenvalue weighted by atomic mass is 35.5. The van der Waals surface area contributed by atoms with Crippen molar-refractivity contribution in [2.75, 3.05) is 13.1 Å². The van der Waals surface area contributed by atoms with Gasteiger partial charge in [-0.15, -0.1) is 23.2 Å². The van der Waals surface area contributed by atoms with Crippen LogP contribution in [-0.4, -0.2) is 17.4 Å². The lowest BCUT2D eigenvalue weighted by molar-refractivity contribution is 0.497. The summed E-state index contributed by atoms with van der Waals surface area (Å²) in [6.45, 7) is 1.79. The van der Waals surface area contributed by atoms with Crippen LogP contribution in [0.4, 0.5) is 0 Å². The van der Waals surface area contributed by atoms with Crippen LogP contribution in [0.2, 0.25) is 0 Å². The third-order valence-corrected chi connectivity index (χ3v) is 2.42. The molecule has 0 spiro atoms. The zero-order valence-corrected chi connectivity index (χ0v) is 7.51. The molecule has 0 radical (unpaired) electrons. The van der Waals surface area contributed by atoms with Gasteiger partial charge in [0.05, 0.1) is 0 Å². The molecule has 0 unspecified atom stereocenters. The number of hydrogen-bond acceptors (Lipinski definition) is 1. The Morgan fingerprint density at radius 2 is 1.90 bits per heavy atom. The van der Waals surface area contributed by atoms with Crippen molar-refractivity contribution in [1.29, 1.82) is 0 Å². The molecular weight excluding hydrogens is 169 g/mol. The molecule has 1 fully saturated rings. The Bertz CT molecular complexity index is 93.8. The standard InChI is InChI=1S/C7H13Cl2N/c8-7(9)4-2-1-3-5-10-6-7/h10H,1-6H2. The maximum Gasteiger partial charge on any atom is 0.130 e. The summed E-state index contributed by atoms with van der Waals surface area (Å²) in [6, 6.07) is 0. The molecule has 60 valence electrons. The summed E-state index contributed by atoms with van der Waals surface area (Å²) in [7, 11) is 0. The molecule has 1 rings (SSSR count). The Kier molecular flexibility index (Phi) is 3.28. The van der Waals surface area contributed by atoms with E-state index < -0.39 is 4.33 Å². The van der Waals surface area contributed by atoms with Gasteiger partial charge in [0.2, 0.25) is 0 Å². The minimum absolute atomic E-state index is 0.513. The molecule has 1 aliphatic rings. The van der Waals surface area contributed by atoms with Gasteiger partial charge in [-0.25, -0.2) is 0 Å². The molecule has 0 aromatic heterocycles. The monoisotopic (exact) mass is 181 g/mol. The highest BCUT2D eigenvalue weighted by Gasteiger charge is 2.23. The van der Waals surface area contributed by atoms with Crippen LogP contribution in [-0.2, 0) is 0 Å². The summed E-state index contributed by atoms with van der Waals surface area (Å²) >= 11 is 11.9. The zero-order valence-electron chi connectivity index (χ0n) is 6.00. The van der Waals surface area contributed by atoms with Crippen molar-refractivity contribution in [3.05, 3.63) is 0 Å². The average molecular weight is 182 g/mol. The van der Waals surface area contributed by atoms with Gasteiger partial charge in [0, 0.05) is 6.54 Å². The Labute approximate surface area is 72.1 Å². The lowest BCUT2D eigenvalue weighted by Gasteiger charge is -2.22. The van der Waals surface area contributed by atoms with Crippen molar-refractivity contribution >= 4 is 23.2 Å². The van der Waals surface area contributed by atoms with Crippen LogP contribution in [0.25, 0.3) is 0 Å². The first-order valence-corrected chi connectivity index (χ1v) is 4.55. The van der Waals surface area contributed by atoms with Crippen LogP contribution in [0.3, 0.4) is 0 Å². The van der Waals surface area contributed by atoms with Crippen LogP contribution < -0.4 is 5.32 Å². The molecule has 1 aliphatic heterocycles. The molecule has 1 saturated heterocycles. The maximum absolute atomic E-state index is 5.95. The van der Waals surface area contributed by atoms with Gasteiger partial charge in [-0.3, -0.25) is 0 Å². The molecule has 0 aromatic rings. The first-order chi connectivity index (χ1) is 4.71. The van der Waals surface area contributed by atoms with Crippen LogP contribution >= 0.6 is 23.2 Å². The average Bonchev–Trinajstić information content (AvgIpc) is 1.81. The van der Waals surface area contributed by atoms with Crippen molar-refractivity contribution in [2.45, 2.75) is 30.0 Å². The van der Waals surface area contributed by atoms with Crippen LogP contribution in [0, 0.1) is 0 Å². The molecular formula is C7H13Cl2N.